The van der Waals surface area contributed by atoms with Crippen LogP contribution in [0.3, 0.4) is 0 Å². The zero-order valence-electron chi connectivity index (χ0n) is 11.9. The molecule has 110 valence electrons. The number of hydrogen-bond acceptors (Lipinski definition) is 2. The Morgan fingerprint density at radius 2 is 2.05 bits per heavy atom. The van der Waals surface area contributed by atoms with Crippen LogP contribution < -0.4 is 5.32 Å². The summed E-state index contributed by atoms with van der Waals surface area (Å²) in [4.78, 5) is 2.65. The van der Waals surface area contributed by atoms with Crippen molar-refractivity contribution >= 4 is 23.2 Å². The molecular weight excluding hydrogens is 291 g/mol. The van der Waals surface area contributed by atoms with Crippen molar-refractivity contribution < 1.29 is 0 Å². The van der Waals surface area contributed by atoms with Gasteiger partial charge in [-0.1, -0.05) is 41.8 Å². The third-order valence-corrected chi connectivity index (χ3v) is 5.60. The van der Waals surface area contributed by atoms with Crippen molar-refractivity contribution in [1.82, 2.24) is 10.2 Å². The lowest BCUT2D eigenvalue weighted by atomic mass is 9.97. The zero-order valence-corrected chi connectivity index (χ0v) is 13.4. The van der Waals surface area contributed by atoms with Crippen LogP contribution in [0.1, 0.15) is 44.2 Å². The van der Waals surface area contributed by atoms with Gasteiger partial charge in [0.05, 0.1) is 10.0 Å². The Morgan fingerprint density at radius 3 is 2.90 bits per heavy atom. The zero-order chi connectivity index (χ0) is 14.1. The summed E-state index contributed by atoms with van der Waals surface area (Å²) in [5.74, 6) is 0. The molecule has 2 aliphatic rings. The van der Waals surface area contributed by atoms with Gasteiger partial charge in [0.1, 0.15) is 0 Å². The average molecular weight is 313 g/mol. The molecule has 1 aromatic rings. The Labute approximate surface area is 131 Å². The molecule has 3 atom stereocenters. The van der Waals surface area contributed by atoms with E-state index in [0.717, 1.165) is 5.56 Å². The molecule has 2 nitrogen and oxygen atoms in total. The molecular formula is C16H22Cl2N2. The van der Waals surface area contributed by atoms with Crippen LogP contribution in [-0.2, 0) is 0 Å². The van der Waals surface area contributed by atoms with E-state index < -0.39 is 0 Å². The standard InChI is InChI=1S/C16H22Cl2N2/c1-11(12-5-4-6-13(17)16(12)18)19-14-8-10-20-9-3-2-7-15(14)20/h4-6,11,14-15,19H,2-3,7-10H2,1H3. The summed E-state index contributed by atoms with van der Waals surface area (Å²) < 4.78 is 0. The summed E-state index contributed by atoms with van der Waals surface area (Å²) in [6, 6.07) is 7.43. The quantitative estimate of drug-likeness (QED) is 0.896. The van der Waals surface area contributed by atoms with Crippen molar-refractivity contribution in [3.63, 3.8) is 0 Å². The van der Waals surface area contributed by atoms with Gasteiger partial charge in [0.2, 0.25) is 0 Å². The summed E-state index contributed by atoms with van der Waals surface area (Å²) in [5.41, 5.74) is 1.11. The van der Waals surface area contributed by atoms with E-state index in [9.17, 15) is 0 Å². The Balaban J connectivity index is 1.69. The first kappa shape index (κ1) is 14.6. The molecule has 0 aliphatic carbocycles. The fourth-order valence-corrected chi connectivity index (χ4v) is 4.18. The van der Waals surface area contributed by atoms with Gasteiger partial charge in [0.25, 0.3) is 0 Å². The number of nitrogens with zero attached hydrogens (tertiary/aromatic N) is 1. The lowest BCUT2D eigenvalue weighted by molar-refractivity contribution is 0.177. The fraction of sp³-hybridized carbons (Fsp3) is 0.625. The van der Waals surface area contributed by atoms with Gasteiger partial charge in [-0.3, -0.25) is 4.90 Å². The molecule has 0 bridgehead atoms. The molecule has 3 rings (SSSR count). The topological polar surface area (TPSA) is 15.3 Å². The van der Waals surface area contributed by atoms with Gasteiger partial charge >= 0.3 is 0 Å². The van der Waals surface area contributed by atoms with E-state index in [0.29, 0.717) is 22.1 Å². The molecule has 0 saturated carbocycles. The van der Waals surface area contributed by atoms with Crippen LogP contribution in [-0.4, -0.2) is 30.1 Å². The lowest BCUT2D eigenvalue weighted by Crippen LogP contribution is -2.45. The van der Waals surface area contributed by atoms with Crippen LogP contribution in [0.5, 0.6) is 0 Å². The summed E-state index contributed by atoms with van der Waals surface area (Å²) in [5, 5.41) is 5.11. The van der Waals surface area contributed by atoms with Crippen molar-refractivity contribution in [3.8, 4) is 0 Å². The highest BCUT2D eigenvalue weighted by atomic mass is 35.5. The Bertz CT molecular complexity index is 478. The Kier molecular flexibility index (Phi) is 4.56. The van der Waals surface area contributed by atoms with Gasteiger partial charge in [-0.15, -0.1) is 0 Å². The van der Waals surface area contributed by atoms with Crippen molar-refractivity contribution in [2.75, 3.05) is 13.1 Å². The molecule has 1 aromatic carbocycles. The molecule has 0 aromatic heterocycles. The van der Waals surface area contributed by atoms with E-state index in [1.165, 1.54) is 38.8 Å². The number of nitrogens with one attached hydrogen (secondary N) is 1. The van der Waals surface area contributed by atoms with Crippen molar-refractivity contribution in [2.24, 2.45) is 0 Å². The molecule has 2 heterocycles. The molecule has 0 spiro atoms. The number of fused-ring (bicyclic) bond motifs is 1. The highest BCUT2D eigenvalue weighted by molar-refractivity contribution is 6.42. The van der Waals surface area contributed by atoms with Gasteiger partial charge in [-0.05, 0) is 44.4 Å². The number of benzene rings is 1. The van der Waals surface area contributed by atoms with Crippen LogP contribution >= 0.6 is 23.2 Å². The molecule has 0 radical (unpaired) electrons. The first-order valence-electron chi connectivity index (χ1n) is 7.61. The van der Waals surface area contributed by atoms with Gasteiger partial charge < -0.3 is 5.32 Å². The predicted molar refractivity (Wildman–Crippen MR) is 85.6 cm³/mol. The van der Waals surface area contributed by atoms with Crippen LogP contribution in [0, 0.1) is 0 Å². The molecule has 0 amide bonds. The minimum Gasteiger partial charge on any atom is -0.306 e. The van der Waals surface area contributed by atoms with Gasteiger partial charge in [0.15, 0.2) is 0 Å². The van der Waals surface area contributed by atoms with Gasteiger partial charge in [-0.2, -0.15) is 0 Å². The average Bonchev–Trinajstić information content (AvgIpc) is 2.85. The normalized spacial score (nSPS) is 28.4. The van der Waals surface area contributed by atoms with E-state index >= 15 is 0 Å². The summed E-state index contributed by atoms with van der Waals surface area (Å²) in [7, 11) is 0. The largest absolute Gasteiger partial charge is 0.306 e. The summed E-state index contributed by atoms with van der Waals surface area (Å²) in [6.45, 7) is 4.69. The maximum Gasteiger partial charge on any atom is 0.0639 e. The fourth-order valence-electron chi connectivity index (χ4n) is 3.71. The highest BCUT2D eigenvalue weighted by Gasteiger charge is 2.36. The molecule has 4 heteroatoms. The smallest absolute Gasteiger partial charge is 0.0639 e. The molecule has 2 fully saturated rings. The molecule has 2 aliphatic heterocycles. The van der Waals surface area contributed by atoms with E-state index in [-0.39, 0.29) is 6.04 Å². The molecule has 2 saturated heterocycles. The maximum absolute atomic E-state index is 6.33. The number of rotatable bonds is 3. The van der Waals surface area contributed by atoms with Crippen LogP contribution in [0.4, 0.5) is 0 Å². The second kappa shape index (κ2) is 6.23. The third kappa shape index (κ3) is 2.85. The molecule has 1 N–H and O–H groups in total. The summed E-state index contributed by atoms with van der Waals surface area (Å²) in [6.07, 6.45) is 5.30. The summed E-state index contributed by atoms with van der Waals surface area (Å²) >= 11 is 12.4. The number of piperidine rings is 1. The SMILES string of the molecule is CC(NC1CCN2CCCCC12)c1cccc(Cl)c1Cl. The van der Waals surface area contributed by atoms with Crippen LogP contribution in [0.2, 0.25) is 10.0 Å². The minimum atomic E-state index is 0.244. The second-order valence-corrected chi connectivity index (χ2v) is 6.81. The van der Waals surface area contributed by atoms with E-state index in [4.69, 9.17) is 23.2 Å². The maximum atomic E-state index is 6.33. The van der Waals surface area contributed by atoms with E-state index in [1.54, 1.807) is 0 Å². The lowest BCUT2D eigenvalue weighted by Gasteiger charge is -2.34. The van der Waals surface area contributed by atoms with Crippen molar-refractivity contribution in [1.29, 1.82) is 0 Å². The van der Waals surface area contributed by atoms with Crippen molar-refractivity contribution in [3.05, 3.63) is 33.8 Å². The second-order valence-electron chi connectivity index (χ2n) is 6.03. The van der Waals surface area contributed by atoms with E-state index in [1.807, 2.05) is 12.1 Å². The van der Waals surface area contributed by atoms with Crippen LogP contribution in [0.25, 0.3) is 0 Å². The first-order chi connectivity index (χ1) is 9.66. The van der Waals surface area contributed by atoms with Gasteiger partial charge in [0, 0.05) is 24.7 Å². The first-order valence-corrected chi connectivity index (χ1v) is 8.36. The minimum absolute atomic E-state index is 0.244. The van der Waals surface area contributed by atoms with Gasteiger partial charge in [-0.25, -0.2) is 0 Å². The molecule has 20 heavy (non-hydrogen) atoms. The monoisotopic (exact) mass is 312 g/mol. The number of halogens is 2. The Hall–Kier alpha value is -0.280. The van der Waals surface area contributed by atoms with E-state index in [2.05, 4.69) is 23.2 Å². The highest BCUT2D eigenvalue weighted by Crippen LogP contribution is 2.32. The Morgan fingerprint density at radius 1 is 1.20 bits per heavy atom. The van der Waals surface area contributed by atoms with Crippen LogP contribution in [0.15, 0.2) is 18.2 Å². The third-order valence-electron chi connectivity index (χ3n) is 4.77. The predicted octanol–water partition coefficient (Wildman–Crippen LogP) is 4.27. The molecule has 3 unspecified atom stereocenters. The number of hydrogen-bond donors (Lipinski definition) is 1. The van der Waals surface area contributed by atoms with Crippen molar-refractivity contribution in [2.45, 2.75) is 50.7 Å².